The van der Waals surface area contributed by atoms with E-state index in [9.17, 15) is 48.6 Å². The van der Waals surface area contributed by atoms with Gasteiger partial charge in [0.05, 0.1) is 6.10 Å². The lowest BCUT2D eigenvalue weighted by molar-refractivity contribution is -0.136. The molecule has 8 amide bonds. The van der Waals surface area contributed by atoms with Crippen LogP contribution in [0, 0.1) is 18.8 Å². The molecule has 1 aliphatic heterocycles. The van der Waals surface area contributed by atoms with E-state index >= 15 is 0 Å². The Labute approximate surface area is 416 Å². The summed E-state index contributed by atoms with van der Waals surface area (Å²) in [6.45, 7) is 10.0. The quantitative estimate of drug-likeness (QED) is 0.0852. The lowest BCUT2D eigenvalue weighted by Crippen LogP contribution is -2.61. The predicted molar refractivity (Wildman–Crippen MR) is 268 cm³/mol. The van der Waals surface area contributed by atoms with E-state index in [0.29, 0.717) is 5.56 Å². The third-order valence-corrected chi connectivity index (χ3v) is 12.0. The Balaban J connectivity index is 2.11. The van der Waals surface area contributed by atoms with E-state index in [2.05, 4.69) is 42.5 Å². The zero-order valence-corrected chi connectivity index (χ0v) is 41.8. The van der Waals surface area contributed by atoms with Crippen molar-refractivity contribution in [3.63, 3.8) is 0 Å². The SMILES string of the molecule is Cc1ccccc1/C=C(/C[C@H](O)C(=O)N[C@H]1CCNC(=O)[C@H]([C@@H](C)O)NC(=O)[C@H](CCN)NC(=O)[C@H](CCN)NC(=O)[C@H](CC(C)C)NC(=O)[C@@H](Cc2ccccc2)NC(=O)[C@H](CCN)NC1=O)C(C)C. The second kappa shape index (κ2) is 29.8. The van der Waals surface area contributed by atoms with Crippen molar-refractivity contribution in [3.8, 4) is 0 Å². The number of aliphatic hydroxyl groups excluding tert-OH is 2. The van der Waals surface area contributed by atoms with Gasteiger partial charge in [0.25, 0.3) is 0 Å². The summed E-state index contributed by atoms with van der Waals surface area (Å²) in [4.78, 5) is 112. The van der Waals surface area contributed by atoms with E-state index in [4.69, 9.17) is 17.2 Å². The molecule has 1 fully saturated rings. The van der Waals surface area contributed by atoms with Crippen LogP contribution < -0.4 is 59.7 Å². The lowest BCUT2D eigenvalue weighted by atomic mass is 9.93. The molecule has 16 N–H and O–H groups in total. The van der Waals surface area contributed by atoms with Gasteiger partial charge in [0.1, 0.15) is 48.4 Å². The van der Waals surface area contributed by atoms with Gasteiger partial charge in [0, 0.05) is 19.4 Å². The average molecular weight is 992 g/mol. The summed E-state index contributed by atoms with van der Waals surface area (Å²) in [5, 5.41) is 42.8. The first kappa shape index (κ1) is 59.1. The molecular weight excluding hydrogens is 915 g/mol. The van der Waals surface area contributed by atoms with Crippen LogP contribution in [0.25, 0.3) is 6.08 Å². The summed E-state index contributed by atoms with van der Waals surface area (Å²) in [7, 11) is 0. The van der Waals surface area contributed by atoms with Crippen LogP contribution in [-0.2, 0) is 44.8 Å². The molecule has 9 atom stereocenters. The third kappa shape index (κ3) is 19.5. The number of aryl methyl sites for hydroxylation is 1. The van der Waals surface area contributed by atoms with Gasteiger partial charge in [-0.15, -0.1) is 0 Å². The molecule has 71 heavy (non-hydrogen) atoms. The molecule has 0 radical (unpaired) electrons. The number of carbonyl (C=O) groups is 8. The molecule has 0 spiro atoms. The van der Waals surface area contributed by atoms with E-state index in [-0.39, 0.29) is 83.0 Å². The Hall–Kier alpha value is -6.26. The second-order valence-corrected chi connectivity index (χ2v) is 18.7. The minimum atomic E-state index is -1.64. The van der Waals surface area contributed by atoms with Crippen LogP contribution in [0.15, 0.2) is 60.2 Å². The summed E-state index contributed by atoms with van der Waals surface area (Å²) >= 11 is 0. The lowest BCUT2D eigenvalue weighted by Gasteiger charge is -2.28. The average Bonchev–Trinajstić information content (AvgIpc) is 3.31. The van der Waals surface area contributed by atoms with Crippen LogP contribution in [0.1, 0.15) is 89.8 Å². The van der Waals surface area contributed by atoms with Gasteiger partial charge in [0.15, 0.2) is 0 Å². The Morgan fingerprint density at radius 2 is 1.13 bits per heavy atom. The standard InChI is InChI=1S/C50H77N11O10/c1-28(2)24-39-47(68)57-35(16-20-51)43(64)56-37(18-22-53)46(67)61-42(31(6)62)50(71)54-23-19-38(58-49(70)41(63)27-34(29(3)4)26-33-15-11-10-12-30(33)5)45(66)55-36(17-21-52)44(65)60-40(48(69)59-39)25-32-13-8-7-9-14-32/h7-15,26,28-29,31,35-42,62-63H,16-25,27,51-53H2,1-6H3,(H,54,71)(H,55,66)(H,56,64)(H,57,68)(H,58,70)(H,59,69)(H,60,65)(H,61,67)/b34-26-/t31-,35+,36+,37+,38+,39+,40-,41+,42+/m1/s1. The minimum Gasteiger partial charge on any atom is -0.391 e. The van der Waals surface area contributed by atoms with Gasteiger partial charge < -0.3 is 69.9 Å². The molecule has 0 aliphatic carbocycles. The Kier molecular flexibility index (Phi) is 24.8. The number of hydrogen-bond donors (Lipinski definition) is 13. The molecule has 1 heterocycles. The van der Waals surface area contributed by atoms with Crippen molar-refractivity contribution in [1.29, 1.82) is 0 Å². The maximum Gasteiger partial charge on any atom is 0.249 e. The van der Waals surface area contributed by atoms with E-state index in [1.807, 2.05) is 65.0 Å². The number of amides is 8. The highest BCUT2D eigenvalue weighted by Gasteiger charge is 2.36. The van der Waals surface area contributed by atoms with Gasteiger partial charge >= 0.3 is 0 Å². The molecule has 1 saturated heterocycles. The fourth-order valence-corrected chi connectivity index (χ4v) is 7.80. The van der Waals surface area contributed by atoms with Crippen LogP contribution >= 0.6 is 0 Å². The molecule has 0 unspecified atom stereocenters. The largest absolute Gasteiger partial charge is 0.391 e. The van der Waals surface area contributed by atoms with Crippen LogP contribution in [0.2, 0.25) is 0 Å². The van der Waals surface area contributed by atoms with Gasteiger partial charge in [-0.05, 0) is 94.1 Å². The van der Waals surface area contributed by atoms with Crippen molar-refractivity contribution in [1.82, 2.24) is 42.5 Å². The number of hydrogen-bond acceptors (Lipinski definition) is 13. The first-order valence-electron chi connectivity index (χ1n) is 24.4. The highest BCUT2D eigenvalue weighted by atomic mass is 16.3. The summed E-state index contributed by atoms with van der Waals surface area (Å²) in [5.41, 5.74) is 20.9. The van der Waals surface area contributed by atoms with E-state index in [0.717, 1.165) is 16.7 Å². The molecule has 3 rings (SSSR count). The topological polar surface area (TPSA) is 351 Å². The molecule has 0 aromatic heterocycles. The molecule has 392 valence electrons. The number of benzene rings is 2. The first-order valence-corrected chi connectivity index (χ1v) is 24.4. The van der Waals surface area contributed by atoms with Crippen molar-refractivity contribution in [3.05, 3.63) is 76.9 Å². The molecule has 21 nitrogen and oxygen atoms in total. The highest BCUT2D eigenvalue weighted by Crippen LogP contribution is 2.22. The van der Waals surface area contributed by atoms with E-state index in [1.165, 1.54) is 6.92 Å². The van der Waals surface area contributed by atoms with E-state index in [1.54, 1.807) is 30.3 Å². The molecule has 2 aromatic rings. The summed E-state index contributed by atoms with van der Waals surface area (Å²) < 4.78 is 0. The molecular formula is C50H77N11O10. The minimum absolute atomic E-state index is 0.0547. The number of nitrogens with one attached hydrogen (secondary N) is 8. The Morgan fingerprint density at radius 1 is 0.648 bits per heavy atom. The summed E-state index contributed by atoms with van der Waals surface area (Å²) in [6.07, 6.45) is -1.95. The van der Waals surface area contributed by atoms with Crippen LogP contribution in [-0.4, -0.2) is 138 Å². The number of aliphatic hydroxyl groups is 2. The van der Waals surface area contributed by atoms with E-state index < -0.39 is 102 Å². The molecule has 0 bridgehead atoms. The number of nitrogens with two attached hydrogens (primary N) is 3. The van der Waals surface area contributed by atoms with Crippen molar-refractivity contribution in [2.24, 2.45) is 29.0 Å². The Morgan fingerprint density at radius 3 is 1.65 bits per heavy atom. The Bertz CT molecular complexity index is 2140. The van der Waals surface area contributed by atoms with Crippen molar-refractivity contribution in [2.75, 3.05) is 26.2 Å². The van der Waals surface area contributed by atoms with Crippen molar-refractivity contribution < 1.29 is 48.6 Å². The molecule has 1 aliphatic rings. The zero-order chi connectivity index (χ0) is 52.8. The smallest absolute Gasteiger partial charge is 0.249 e. The fourth-order valence-electron chi connectivity index (χ4n) is 7.80. The summed E-state index contributed by atoms with van der Waals surface area (Å²) in [5.74, 6) is -7.05. The van der Waals surface area contributed by atoms with Gasteiger partial charge in [-0.3, -0.25) is 38.4 Å². The zero-order valence-electron chi connectivity index (χ0n) is 41.8. The van der Waals surface area contributed by atoms with Crippen molar-refractivity contribution >= 4 is 53.3 Å². The van der Waals surface area contributed by atoms with Gasteiger partial charge in [0.2, 0.25) is 47.3 Å². The summed E-state index contributed by atoms with van der Waals surface area (Å²) in [6, 6.07) is 6.64. The van der Waals surface area contributed by atoms with Gasteiger partial charge in [-0.2, -0.15) is 0 Å². The number of rotatable bonds is 17. The number of carbonyl (C=O) groups excluding carboxylic acids is 8. The fraction of sp³-hybridized carbons (Fsp3) is 0.560. The molecule has 2 aromatic carbocycles. The molecule has 0 saturated carbocycles. The maximum absolute atomic E-state index is 14.3. The third-order valence-electron chi connectivity index (χ3n) is 12.0. The highest BCUT2D eigenvalue weighted by molar-refractivity contribution is 5.98. The van der Waals surface area contributed by atoms with Crippen LogP contribution in [0.4, 0.5) is 0 Å². The normalized spacial score (nSPS) is 23.8. The predicted octanol–water partition coefficient (Wildman–Crippen LogP) is -1.59. The van der Waals surface area contributed by atoms with Crippen LogP contribution in [0.5, 0.6) is 0 Å². The van der Waals surface area contributed by atoms with Crippen molar-refractivity contribution in [2.45, 2.75) is 141 Å². The van der Waals surface area contributed by atoms with Gasteiger partial charge in [-0.25, -0.2) is 0 Å². The second-order valence-electron chi connectivity index (χ2n) is 18.7. The monoisotopic (exact) mass is 992 g/mol. The maximum atomic E-state index is 14.3. The van der Waals surface area contributed by atoms with Crippen LogP contribution in [0.3, 0.4) is 0 Å². The first-order chi connectivity index (χ1) is 33.7. The molecule has 21 heteroatoms. The van der Waals surface area contributed by atoms with Gasteiger partial charge in [-0.1, -0.05) is 93.9 Å².